The van der Waals surface area contributed by atoms with Gasteiger partial charge in [0.15, 0.2) is 0 Å². The van der Waals surface area contributed by atoms with Gasteiger partial charge in [0.2, 0.25) is 5.91 Å². The van der Waals surface area contributed by atoms with Gasteiger partial charge in [-0.05, 0) is 25.0 Å². The first-order chi connectivity index (χ1) is 9.13. The quantitative estimate of drug-likeness (QED) is 0.901. The smallest absolute Gasteiger partial charge is 0.224 e. The van der Waals surface area contributed by atoms with Crippen LogP contribution < -0.4 is 5.73 Å². The van der Waals surface area contributed by atoms with Gasteiger partial charge in [0.25, 0.3) is 0 Å². The van der Waals surface area contributed by atoms with Crippen molar-refractivity contribution in [2.45, 2.75) is 32.4 Å². The van der Waals surface area contributed by atoms with Crippen molar-refractivity contribution in [2.24, 2.45) is 5.73 Å². The second-order valence-electron chi connectivity index (χ2n) is 5.11. The van der Waals surface area contributed by atoms with E-state index < -0.39 is 0 Å². The van der Waals surface area contributed by atoms with Crippen LogP contribution in [-0.2, 0) is 9.53 Å². The van der Waals surface area contributed by atoms with Crippen LogP contribution in [0, 0.1) is 6.92 Å². The van der Waals surface area contributed by atoms with Gasteiger partial charge in [-0.1, -0.05) is 24.3 Å². The monoisotopic (exact) mass is 262 g/mol. The summed E-state index contributed by atoms with van der Waals surface area (Å²) in [5.74, 6) is 0.122. The molecular weight excluding hydrogens is 240 g/mol. The van der Waals surface area contributed by atoms with E-state index in [1.165, 1.54) is 11.1 Å². The molecule has 1 aliphatic rings. The molecule has 2 rings (SSSR count). The van der Waals surface area contributed by atoms with E-state index in [0.29, 0.717) is 26.1 Å². The first-order valence-corrected chi connectivity index (χ1v) is 6.80. The van der Waals surface area contributed by atoms with Gasteiger partial charge in [-0.2, -0.15) is 0 Å². The van der Waals surface area contributed by atoms with E-state index in [9.17, 15) is 4.79 Å². The normalized spacial score (nSPS) is 23.4. The highest BCUT2D eigenvalue weighted by molar-refractivity contribution is 5.76. The van der Waals surface area contributed by atoms with Gasteiger partial charge in [0.05, 0.1) is 19.2 Å². The number of morpholine rings is 1. The Labute approximate surface area is 114 Å². The van der Waals surface area contributed by atoms with Crippen molar-refractivity contribution in [1.29, 1.82) is 0 Å². The van der Waals surface area contributed by atoms with Crippen LogP contribution in [-0.4, -0.2) is 36.5 Å². The Balaban J connectivity index is 2.13. The SMILES string of the molecule is Cc1ccccc1[C@@H]1CN(C(=O)CCN)[C@@H](C)CO1. The summed E-state index contributed by atoms with van der Waals surface area (Å²) in [7, 11) is 0. The van der Waals surface area contributed by atoms with Gasteiger partial charge >= 0.3 is 0 Å². The number of carbonyl (C=O) groups is 1. The minimum absolute atomic E-state index is 0.0286. The Hall–Kier alpha value is -1.39. The fourth-order valence-electron chi connectivity index (χ4n) is 2.51. The van der Waals surface area contributed by atoms with Gasteiger partial charge in [-0.3, -0.25) is 4.79 Å². The lowest BCUT2D eigenvalue weighted by Crippen LogP contribution is -2.48. The molecule has 0 unspecified atom stereocenters. The van der Waals surface area contributed by atoms with E-state index in [0.717, 1.165) is 0 Å². The zero-order chi connectivity index (χ0) is 13.8. The number of amides is 1. The first-order valence-electron chi connectivity index (χ1n) is 6.80. The lowest BCUT2D eigenvalue weighted by atomic mass is 10.0. The minimum atomic E-state index is -0.0286. The predicted octanol–water partition coefficient (Wildman–Crippen LogP) is 1.63. The Kier molecular flexibility index (Phi) is 4.56. The largest absolute Gasteiger partial charge is 0.370 e. The van der Waals surface area contributed by atoms with Gasteiger partial charge in [0, 0.05) is 13.0 Å². The zero-order valence-corrected chi connectivity index (χ0v) is 11.6. The van der Waals surface area contributed by atoms with E-state index in [1.54, 1.807) is 0 Å². The molecule has 1 aliphatic heterocycles. The lowest BCUT2D eigenvalue weighted by Gasteiger charge is -2.38. The molecule has 0 bridgehead atoms. The Morgan fingerprint density at radius 1 is 1.47 bits per heavy atom. The van der Waals surface area contributed by atoms with Crippen molar-refractivity contribution in [1.82, 2.24) is 4.90 Å². The summed E-state index contributed by atoms with van der Waals surface area (Å²) in [6.45, 7) is 5.68. The third-order valence-corrected chi connectivity index (χ3v) is 3.65. The molecule has 104 valence electrons. The number of benzene rings is 1. The standard InChI is InChI=1S/C15H22N2O2/c1-11-5-3-4-6-13(11)14-9-17(12(2)10-19-14)15(18)7-8-16/h3-6,12,14H,7-10,16H2,1-2H3/t12-,14-/m0/s1. The van der Waals surface area contributed by atoms with Crippen molar-refractivity contribution < 1.29 is 9.53 Å². The molecule has 1 saturated heterocycles. The van der Waals surface area contributed by atoms with E-state index >= 15 is 0 Å². The fraction of sp³-hybridized carbons (Fsp3) is 0.533. The van der Waals surface area contributed by atoms with Crippen molar-refractivity contribution in [3.8, 4) is 0 Å². The molecule has 0 radical (unpaired) electrons. The third kappa shape index (κ3) is 3.14. The Morgan fingerprint density at radius 3 is 2.89 bits per heavy atom. The van der Waals surface area contributed by atoms with Crippen molar-refractivity contribution in [2.75, 3.05) is 19.7 Å². The fourth-order valence-corrected chi connectivity index (χ4v) is 2.51. The predicted molar refractivity (Wildman–Crippen MR) is 74.7 cm³/mol. The van der Waals surface area contributed by atoms with Crippen LogP contribution in [0.5, 0.6) is 0 Å². The average Bonchev–Trinajstić information content (AvgIpc) is 2.40. The molecular formula is C15H22N2O2. The van der Waals surface area contributed by atoms with Crippen LogP contribution in [0.15, 0.2) is 24.3 Å². The van der Waals surface area contributed by atoms with Gasteiger partial charge in [-0.25, -0.2) is 0 Å². The van der Waals surface area contributed by atoms with Crippen molar-refractivity contribution in [3.05, 3.63) is 35.4 Å². The van der Waals surface area contributed by atoms with Crippen LogP contribution in [0.3, 0.4) is 0 Å². The van der Waals surface area contributed by atoms with Gasteiger partial charge < -0.3 is 15.4 Å². The maximum atomic E-state index is 12.1. The number of hydrogen-bond acceptors (Lipinski definition) is 3. The summed E-state index contributed by atoms with van der Waals surface area (Å²) in [5, 5.41) is 0. The molecule has 2 atom stereocenters. The number of rotatable bonds is 3. The van der Waals surface area contributed by atoms with E-state index in [2.05, 4.69) is 19.1 Å². The second kappa shape index (κ2) is 6.17. The topological polar surface area (TPSA) is 55.6 Å². The van der Waals surface area contributed by atoms with Gasteiger partial charge in [-0.15, -0.1) is 0 Å². The summed E-state index contributed by atoms with van der Waals surface area (Å²) in [5.41, 5.74) is 7.84. The third-order valence-electron chi connectivity index (χ3n) is 3.65. The van der Waals surface area contributed by atoms with E-state index in [1.807, 2.05) is 24.0 Å². The molecule has 1 heterocycles. The van der Waals surface area contributed by atoms with E-state index in [-0.39, 0.29) is 18.1 Å². The summed E-state index contributed by atoms with van der Waals surface area (Å²) >= 11 is 0. The molecule has 19 heavy (non-hydrogen) atoms. The number of ether oxygens (including phenoxy) is 1. The summed E-state index contributed by atoms with van der Waals surface area (Å²) < 4.78 is 5.89. The van der Waals surface area contributed by atoms with Crippen LogP contribution in [0.4, 0.5) is 0 Å². The molecule has 4 heteroatoms. The molecule has 0 aromatic heterocycles. The molecule has 0 aliphatic carbocycles. The maximum Gasteiger partial charge on any atom is 0.224 e. The van der Waals surface area contributed by atoms with Gasteiger partial charge in [0.1, 0.15) is 6.10 Å². The van der Waals surface area contributed by atoms with Crippen LogP contribution in [0.25, 0.3) is 0 Å². The molecule has 0 spiro atoms. The number of hydrogen-bond donors (Lipinski definition) is 1. The molecule has 2 N–H and O–H groups in total. The lowest BCUT2D eigenvalue weighted by molar-refractivity contribution is -0.144. The Bertz CT molecular complexity index is 448. The second-order valence-corrected chi connectivity index (χ2v) is 5.11. The molecule has 4 nitrogen and oxygen atoms in total. The Morgan fingerprint density at radius 2 is 2.21 bits per heavy atom. The van der Waals surface area contributed by atoms with Crippen LogP contribution >= 0.6 is 0 Å². The number of aryl methyl sites for hydroxylation is 1. The summed E-state index contributed by atoms with van der Waals surface area (Å²) in [6, 6.07) is 8.29. The molecule has 1 aromatic carbocycles. The van der Waals surface area contributed by atoms with Crippen LogP contribution in [0.2, 0.25) is 0 Å². The van der Waals surface area contributed by atoms with Crippen molar-refractivity contribution in [3.63, 3.8) is 0 Å². The van der Waals surface area contributed by atoms with E-state index in [4.69, 9.17) is 10.5 Å². The first kappa shape index (κ1) is 14.0. The molecule has 1 aromatic rings. The molecule has 1 fully saturated rings. The minimum Gasteiger partial charge on any atom is -0.370 e. The molecule has 0 saturated carbocycles. The highest BCUT2D eigenvalue weighted by atomic mass is 16.5. The number of nitrogens with zero attached hydrogens (tertiary/aromatic N) is 1. The summed E-state index contributed by atoms with van der Waals surface area (Å²) in [4.78, 5) is 14.0. The highest BCUT2D eigenvalue weighted by Crippen LogP contribution is 2.27. The summed E-state index contributed by atoms with van der Waals surface area (Å²) in [6.07, 6.45) is 0.379. The highest BCUT2D eigenvalue weighted by Gasteiger charge is 2.30. The molecule has 1 amide bonds. The number of carbonyl (C=O) groups excluding carboxylic acids is 1. The average molecular weight is 262 g/mol. The maximum absolute atomic E-state index is 12.1. The van der Waals surface area contributed by atoms with Crippen molar-refractivity contribution >= 4 is 5.91 Å². The number of nitrogens with two attached hydrogens (primary N) is 1. The zero-order valence-electron chi connectivity index (χ0n) is 11.6. The van der Waals surface area contributed by atoms with Crippen LogP contribution in [0.1, 0.15) is 30.6 Å².